The largest absolute Gasteiger partial charge is 0.466 e. The van der Waals surface area contributed by atoms with Gasteiger partial charge in [-0.25, -0.2) is 9.78 Å². The number of methoxy groups -OCH3 is 1. The number of nitrogens with one attached hydrogen (secondary N) is 1. The minimum atomic E-state index is -0.484. The van der Waals surface area contributed by atoms with Gasteiger partial charge in [0.1, 0.15) is 22.1 Å². The zero-order valence-corrected chi connectivity index (χ0v) is 18.3. The Morgan fingerprint density at radius 3 is 2.83 bits per heavy atom. The standard InChI is InChI=1S/C20H27N3O6S/c1-4-28-19(25)13-6-5-7-23(10-13)11-14-21-17(24)15-12(2)16(30-18(15)22-14)20(26)29-9-8-27-3/h13H,4-11H2,1-3H3,(H,21,22,24). The van der Waals surface area contributed by atoms with Crippen LogP contribution in [-0.2, 0) is 25.5 Å². The maximum Gasteiger partial charge on any atom is 0.348 e. The Morgan fingerprint density at radius 1 is 1.30 bits per heavy atom. The van der Waals surface area contributed by atoms with Crippen LogP contribution in [0.5, 0.6) is 0 Å². The maximum atomic E-state index is 12.7. The Balaban J connectivity index is 1.77. The topological polar surface area (TPSA) is 111 Å². The van der Waals surface area contributed by atoms with E-state index in [2.05, 4.69) is 14.9 Å². The van der Waals surface area contributed by atoms with Crippen molar-refractivity contribution in [1.29, 1.82) is 0 Å². The Labute approximate surface area is 178 Å². The van der Waals surface area contributed by atoms with E-state index in [9.17, 15) is 14.4 Å². The molecule has 0 amide bonds. The second-order valence-electron chi connectivity index (χ2n) is 7.20. The Morgan fingerprint density at radius 2 is 2.10 bits per heavy atom. The number of carbonyl (C=O) groups is 2. The second kappa shape index (κ2) is 10.1. The number of carbonyl (C=O) groups excluding carboxylic acids is 2. The van der Waals surface area contributed by atoms with Gasteiger partial charge >= 0.3 is 11.9 Å². The zero-order chi connectivity index (χ0) is 21.7. The van der Waals surface area contributed by atoms with Crippen molar-refractivity contribution in [3.63, 3.8) is 0 Å². The Hall–Kier alpha value is -2.30. The minimum Gasteiger partial charge on any atom is -0.466 e. The molecule has 9 nitrogen and oxygen atoms in total. The molecule has 0 bridgehead atoms. The van der Waals surface area contributed by atoms with Crippen molar-refractivity contribution in [2.75, 3.05) is 40.0 Å². The van der Waals surface area contributed by atoms with Crippen molar-refractivity contribution in [3.8, 4) is 0 Å². The van der Waals surface area contributed by atoms with Crippen LogP contribution in [0.4, 0.5) is 0 Å². The number of hydrogen-bond acceptors (Lipinski definition) is 9. The van der Waals surface area contributed by atoms with Crippen LogP contribution in [0.25, 0.3) is 10.2 Å². The summed E-state index contributed by atoms with van der Waals surface area (Å²) in [6, 6.07) is 0. The number of hydrogen-bond donors (Lipinski definition) is 1. The van der Waals surface area contributed by atoms with Gasteiger partial charge in [-0.1, -0.05) is 0 Å². The molecule has 0 spiro atoms. The molecule has 1 saturated heterocycles. The molecule has 10 heteroatoms. The fourth-order valence-electron chi connectivity index (χ4n) is 3.60. The van der Waals surface area contributed by atoms with Gasteiger partial charge < -0.3 is 19.2 Å². The lowest BCUT2D eigenvalue weighted by atomic mass is 9.98. The summed E-state index contributed by atoms with van der Waals surface area (Å²) >= 11 is 1.15. The monoisotopic (exact) mass is 437 g/mol. The number of fused-ring (bicyclic) bond motifs is 1. The summed E-state index contributed by atoms with van der Waals surface area (Å²) in [7, 11) is 1.53. The fraction of sp³-hybridized carbons (Fsp3) is 0.600. The van der Waals surface area contributed by atoms with E-state index in [0.717, 1.165) is 30.7 Å². The van der Waals surface area contributed by atoms with Crippen LogP contribution in [0.2, 0.25) is 0 Å². The molecule has 1 atom stereocenters. The molecule has 1 fully saturated rings. The summed E-state index contributed by atoms with van der Waals surface area (Å²) < 4.78 is 15.2. The molecule has 3 heterocycles. The minimum absolute atomic E-state index is 0.147. The molecule has 2 aromatic rings. The molecule has 0 aromatic carbocycles. The van der Waals surface area contributed by atoms with Gasteiger partial charge in [-0.15, -0.1) is 11.3 Å². The zero-order valence-electron chi connectivity index (χ0n) is 17.5. The Kier molecular flexibility index (Phi) is 7.57. The van der Waals surface area contributed by atoms with E-state index in [1.807, 2.05) is 0 Å². The van der Waals surface area contributed by atoms with Crippen LogP contribution < -0.4 is 5.56 Å². The van der Waals surface area contributed by atoms with Gasteiger partial charge in [0.15, 0.2) is 0 Å². The summed E-state index contributed by atoms with van der Waals surface area (Å²) in [4.78, 5) is 47.4. The van der Waals surface area contributed by atoms with E-state index in [1.165, 1.54) is 7.11 Å². The third-order valence-corrected chi connectivity index (χ3v) is 6.22. The number of nitrogens with zero attached hydrogens (tertiary/aromatic N) is 2. The molecule has 164 valence electrons. The first-order valence-electron chi connectivity index (χ1n) is 10.0. The molecule has 1 aliphatic heterocycles. The third kappa shape index (κ3) is 5.05. The molecule has 30 heavy (non-hydrogen) atoms. The first-order valence-corrected chi connectivity index (χ1v) is 10.8. The molecule has 1 N–H and O–H groups in total. The highest BCUT2D eigenvalue weighted by molar-refractivity contribution is 7.20. The number of likely N-dealkylation sites (tertiary alicyclic amines) is 1. The number of aryl methyl sites for hydroxylation is 1. The molecule has 0 aliphatic carbocycles. The summed E-state index contributed by atoms with van der Waals surface area (Å²) in [6.45, 7) is 6.15. The van der Waals surface area contributed by atoms with Gasteiger partial charge in [-0.2, -0.15) is 0 Å². The molecule has 0 saturated carbocycles. The van der Waals surface area contributed by atoms with E-state index in [-0.39, 0.29) is 24.1 Å². The number of aromatic nitrogens is 2. The summed E-state index contributed by atoms with van der Waals surface area (Å²) in [5.74, 6) is -0.310. The van der Waals surface area contributed by atoms with Gasteiger partial charge in [0.05, 0.1) is 31.1 Å². The van der Waals surface area contributed by atoms with Gasteiger partial charge in [-0.3, -0.25) is 14.5 Å². The van der Waals surface area contributed by atoms with Crippen molar-refractivity contribution in [3.05, 3.63) is 26.6 Å². The first kappa shape index (κ1) is 22.4. The van der Waals surface area contributed by atoms with Crippen molar-refractivity contribution in [1.82, 2.24) is 14.9 Å². The molecular weight excluding hydrogens is 410 g/mol. The van der Waals surface area contributed by atoms with Gasteiger partial charge in [0.2, 0.25) is 0 Å². The van der Waals surface area contributed by atoms with Gasteiger partial charge in [0, 0.05) is 13.7 Å². The van der Waals surface area contributed by atoms with Crippen LogP contribution in [0, 0.1) is 12.8 Å². The lowest BCUT2D eigenvalue weighted by molar-refractivity contribution is -0.150. The van der Waals surface area contributed by atoms with Crippen LogP contribution in [-0.4, -0.2) is 66.8 Å². The second-order valence-corrected chi connectivity index (χ2v) is 8.20. The van der Waals surface area contributed by atoms with E-state index in [4.69, 9.17) is 14.2 Å². The highest BCUT2D eigenvalue weighted by atomic mass is 32.1. The molecule has 0 radical (unpaired) electrons. The number of H-pyrrole nitrogens is 1. The fourth-order valence-corrected chi connectivity index (χ4v) is 4.70. The van der Waals surface area contributed by atoms with Crippen molar-refractivity contribution < 1.29 is 23.8 Å². The number of piperidine rings is 1. The van der Waals surface area contributed by atoms with E-state index in [1.54, 1.807) is 13.8 Å². The quantitative estimate of drug-likeness (QED) is 0.492. The summed E-state index contributed by atoms with van der Waals surface area (Å²) in [6.07, 6.45) is 1.68. The predicted molar refractivity (Wildman–Crippen MR) is 112 cm³/mol. The molecular formula is C20H27N3O6S. The molecule has 1 unspecified atom stereocenters. The normalized spacial score (nSPS) is 17.2. The van der Waals surface area contributed by atoms with Crippen LogP contribution >= 0.6 is 11.3 Å². The smallest absolute Gasteiger partial charge is 0.348 e. The van der Waals surface area contributed by atoms with Gasteiger partial charge in [-0.05, 0) is 38.8 Å². The van der Waals surface area contributed by atoms with E-state index >= 15 is 0 Å². The molecule has 1 aliphatic rings. The third-order valence-electron chi connectivity index (χ3n) is 5.05. The number of ether oxygens (including phenoxy) is 3. The predicted octanol–water partition coefficient (Wildman–Crippen LogP) is 1.87. The van der Waals surface area contributed by atoms with Crippen molar-refractivity contribution in [2.45, 2.75) is 33.2 Å². The number of rotatable bonds is 8. The maximum absolute atomic E-state index is 12.7. The lowest BCUT2D eigenvalue weighted by Crippen LogP contribution is -2.39. The van der Waals surface area contributed by atoms with Crippen LogP contribution in [0.15, 0.2) is 4.79 Å². The molecule has 2 aromatic heterocycles. The van der Waals surface area contributed by atoms with Crippen molar-refractivity contribution >= 4 is 33.5 Å². The summed E-state index contributed by atoms with van der Waals surface area (Å²) in [5, 5.41) is 0.408. The highest BCUT2D eigenvalue weighted by Crippen LogP contribution is 2.28. The first-order chi connectivity index (χ1) is 14.4. The average molecular weight is 438 g/mol. The molecule has 3 rings (SSSR count). The van der Waals surface area contributed by atoms with Crippen molar-refractivity contribution in [2.24, 2.45) is 5.92 Å². The average Bonchev–Trinajstić information content (AvgIpc) is 3.05. The highest BCUT2D eigenvalue weighted by Gasteiger charge is 2.27. The van der Waals surface area contributed by atoms with E-state index < -0.39 is 5.97 Å². The lowest BCUT2D eigenvalue weighted by Gasteiger charge is -2.30. The van der Waals surface area contributed by atoms with Gasteiger partial charge in [0.25, 0.3) is 5.56 Å². The SMILES string of the molecule is CCOC(=O)C1CCCN(Cc2nc3sc(C(=O)OCCOC)c(C)c3c(=O)[nH]2)C1. The Bertz CT molecular complexity index is 969. The number of esters is 2. The number of aromatic amines is 1. The van der Waals surface area contributed by atoms with E-state index in [0.29, 0.717) is 52.8 Å². The summed E-state index contributed by atoms with van der Waals surface area (Å²) in [5.41, 5.74) is 0.289. The number of thiophene rings is 1. The van der Waals surface area contributed by atoms with Crippen LogP contribution in [0.1, 0.15) is 40.8 Å². The van der Waals surface area contributed by atoms with Crippen LogP contribution in [0.3, 0.4) is 0 Å².